The molecule has 3 nitrogen and oxygen atoms in total. The van der Waals surface area contributed by atoms with Crippen molar-refractivity contribution in [2.24, 2.45) is 0 Å². The van der Waals surface area contributed by atoms with Crippen molar-refractivity contribution in [3.63, 3.8) is 0 Å². The molecule has 0 saturated carbocycles. The van der Waals surface area contributed by atoms with E-state index in [1.54, 1.807) is 6.07 Å². The van der Waals surface area contributed by atoms with Crippen LogP contribution in [0.4, 0.5) is 5.69 Å². The van der Waals surface area contributed by atoms with Crippen molar-refractivity contribution in [3.8, 4) is 11.3 Å². The Bertz CT molecular complexity index is 922. The summed E-state index contributed by atoms with van der Waals surface area (Å²) in [6.45, 7) is 4.08. The molecule has 1 aliphatic heterocycles. The highest BCUT2D eigenvalue weighted by Crippen LogP contribution is 2.31. The van der Waals surface area contributed by atoms with Gasteiger partial charge in [0.1, 0.15) is 11.3 Å². The van der Waals surface area contributed by atoms with Crippen LogP contribution in [0.2, 0.25) is 0 Å². The first-order valence-corrected chi connectivity index (χ1v) is 8.61. The fraction of sp³-hybridized carbons (Fsp3) is 0.286. The van der Waals surface area contributed by atoms with Crippen molar-refractivity contribution in [2.45, 2.75) is 26.2 Å². The van der Waals surface area contributed by atoms with Gasteiger partial charge >= 0.3 is 0 Å². The molecule has 24 heavy (non-hydrogen) atoms. The van der Waals surface area contributed by atoms with Crippen molar-refractivity contribution < 1.29 is 4.42 Å². The maximum Gasteiger partial charge on any atom is 0.195 e. The molecule has 0 aliphatic carbocycles. The molecule has 0 spiro atoms. The van der Waals surface area contributed by atoms with E-state index in [-0.39, 0.29) is 5.43 Å². The number of rotatable bonds is 2. The lowest BCUT2D eigenvalue weighted by Crippen LogP contribution is -2.30. The Labute approximate surface area is 141 Å². The van der Waals surface area contributed by atoms with Gasteiger partial charge in [0.05, 0.1) is 11.1 Å². The Morgan fingerprint density at radius 3 is 2.46 bits per heavy atom. The molecule has 3 heteroatoms. The number of nitrogens with zero attached hydrogens (tertiary/aromatic N) is 1. The second kappa shape index (κ2) is 6.16. The van der Waals surface area contributed by atoms with Crippen LogP contribution in [0, 0.1) is 6.92 Å². The largest absolute Gasteiger partial charge is 0.456 e. The number of hydrogen-bond donors (Lipinski definition) is 0. The zero-order chi connectivity index (χ0) is 16.5. The highest BCUT2D eigenvalue weighted by molar-refractivity contribution is 5.92. The van der Waals surface area contributed by atoms with Gasteiger partial charge in [0.25, 0.3) is 0 Å². The topological polar surface area (TPSA) is 33.5 Å². The minimum Gasteiger partial charge on any atom is -0.456 e. The molecule has 0 N–H and O–H groups in total. The molecule has 0 atom stereocenters. The second-order valence-corrected chi connectivity index (χ2v) is 6.55. The third-order valence-corrected chi connectivity index (χ3v) is 4.71. The Kier molecular flexibility index (Phi) is 3.85. The monoisotopic (exact) mass is 319 g/mol. The quantitative estimate of drug-likeness (QED) is 0.683. The molecule has 0 bridgehead atoms. The third-order valence-electron chi connectivity index (χ3n) is 4.71. The van der Waals surface area contributed by atoms with Crippen LogP contribution in [0.1, 0.15) is 24.8 Å². The van der Waals surface area contributed by atoms with Gasteiger partial charge in [-0.25, -0.2) is 0 Å². The van der Waals surface area contributed by atoms with Crippen molar-refractivity contribution in [2.75, 3.05) is 18.0 Å². The van der Waals surface area contributed by atoms with Gasteiger partial charge in [0.15, 0.2) is 5.43 Å². The van der Waals surface area contributed by atoms with Crippen LogP contribution in [-0.4, -0.2) is 13.1 Å². The summed E-state index contributed by atoms with van der Waals surface area (Å²) >= 11 is 0. The van der Waals surface area contributed by atoms with Gasteiger partial charge in [-0.3, -0.25) is 4.79 Å². The molecular weight excluding hydrogens is 298 g/mol. The third kappa shape index (κ3) is 2.71. The summed E-state index contributed by atoms with van der Waals surface area (Å²) in [6, 6.07) is 15.5. The molecule has 0 radical (unpaired) electrons. The van der Waals surface area contributed by atoms with E-state index in [2.05, 4.69) is 17.9 Å². The zero-order valence-corrected chi connectivity index (χ0v) is 13.9. The lowest BCUT2D eigenvalue weighted by atomic mass is 10.0. The van der Waals surface area contributed by atoms with E-state index >= 15 is 0 Å². The molecule has 2 heterocycles. The van der Waals surface area contributed by atoms with E-state index in [0.29, 0.717) is 16.7 Å². The lowest BCUT2D eigenvalue weighted by Gasteiger charge is -2.29. The molecule has 2 aromatic carbocycles. The minimum absolute atomic E-state index is 0.0377. The molecule has 1 saturated heterocycles. The maximum absolute atomic E-state index is 12.9. The summed E-state index contributed by atoms with van der Waals surface area (Å²) in [6.07, 6.45) is 3.64. The van der Waals surface area contributed by atoms with Crippen LogP contribution in [-0.2, 0) is 0 Å². The summed E-state index contributed by atoms with van der Waals surface area (Å²) in [5, 5.41) is 0.710. The van der Waals surface area contributed by atoms with Gasteiger partial charge in [0.2, 0.25) is 0 Å². The number of hydrogen-bond acceptors (Lipinski definition) is 3. The van der Waals surface area contributed by atoms with E-state index in [0.717, 1.165) is 29.9 Å². The highest BCUT2D eigenvalue weighted by atomic mass is 16.3. The SMILES string of the molecule is Cc1cc(N2CCCCC2)c2c(=O)cc(-c3ccccc3)oc2c1. The minimum atomic E-state index is 0.0377. The number of anilines is 1. The van der Waals surface area contributed by atoms with E-state index in [1.165, 1.54) is 19.3 Å². The molecule has 1 fully saturated rings. The van der Waals surface area contributed by atoms with Gasteiger partial charge in [-0.05, 0) is 43.9 Å². The average molecular weight is 319 g/mol. The van der Waals surface area contributed by atoms with Crippen LogP contribution in [0.5, 0.6) is 0 Å². The number of piperidine rings is 1. The molecular formula is C21H21NO2. The van der Waals surface area contributed by atoms with E-state index < -0.39 is 0 Å². The maximum atomic E-state index is 12.9. The summed E-state index contributed by atoms with van der Waals surface area (Å²) in [5.74, 6) is 0.628. The number of aryl methyl sites for hydroxylation is 1. The molecule has 1 aromatic heterocycles. The second-order valence-electron chi connectivity index (χ2n) is 6.55. The van der Waals surface area contributed by atoms with E-state index in [9.17, 15) is 4.79 Å². The van der Waals surface area contributed by atoms with Gasteiger partial charge < -0.3 is 9.32 Å². The summed E-state index contributed by atoms with van der Waals surface area (Å²) in [4.78, 5) is 15.2. The summed E-state index contributed by atoms with van der Waals surface area (Å²) in [7, 11) is 0. The molecule has 1 aliphatic rings. The predicted molar refractivity (Wildman–Crippen MR) is 98.7 cm³/mol. The van der Waals surface area contributed by atoms with Crippen LogP contribution in [0.15, 0.2) is 57.7 Å². The van der Waals surface area contributed by atoms with Crippen molar-refractivity contribution in [3.05, 3.63) is 64.3 Å². The first-order valence-electron chi connectivity index (χ1n) is 8.61. The molecule has 0 amide bonds. The Hall–Kier alpha value is -2.55. The lowest BCUT2D eigenvalue weighted by molar-refractivity contribution is 0.577. The molecule has 3 aromatic rings. The van der Waals surface area contributed by atoms with Gasteiger partial charge in [-0.2, -0.15) is 0 Å². The van der Waals surface area contributed by atoms with Crippen LogP contribution in [0.3, 0.4) is 0 Å². The van der Waals surface area contributed by atoms with Crippen LogP contribution in [0.25, 0.3) is 22.3 Å². The number of benzene rings is 2. The van der Waals surface area contributed by atoms with E-state index in [4.69, 9.17) is 4.42 Å². The van der Waals surface area contributed by atoms with Crippen molar-refractivity contribution in [1.82, 2.24) is 0 Å². The first kappa shape index (κ1) is 15.0. The Morgan fingerprint density at radius 2 is 1.71 bits per heavy atom. The fourth-order valence-electron chi connectivity index (χ4n) is 3.53. The van der Waals surface area contributed by atoms with Crippen LogP contribution >= 0.6 is 0 Å². The zero-order valence-electron chi connectivity index (χ0n) is 13.9. The van der Waals surface area contributed by atoms with Crippen molar-refractivity contribution in [1.29, 1.82) is 0 Å². The smallest absolute Gasteiger partial charge is 0.195 e. The van der Waals surface area contributed by atoms with Gasteiger partial charge in [-0.15, -0.1) is 0 Å². The molecule has 0 unspecified atom stereocenters. The average Bonchev–Trinajstić information content (AvgIpc) is 2.62. The fourth-order valence-corrected chi connectivity index (χ4v) is 3.53. The molecule has 122 valence electrons. The Balaban J connectivity index is 1.91. The van der Waals surface area contributed by atoms with Gasteiger partial charge in [-0.1, -0.05) is 30.3 Å². The normalized spacial score (nSPS) is 15.0. The van der Waals surface area contributed by atoms with Crippen LogP contribution < -0.4 is 10.3 Å². The first-order chi connectivity index (χ1) is 11.7. The Morgan fingerprint density at radius 1 is 0.958 bits per heavy atom. The number of fused-ring (bicyclic) bond motifs is 1. The van der Waals surface area contributed by atoms with E-state index in [1.807, 2.05) is 36.4 Å². The standard InChI is InChI=1S/C21H21NO2/c1-15-12-17(22-10-6-3-7-11-22)21-18(23)14-19(24-20(21)13-15)16-8-4-2-5-9-16/h2,4-5,8-9,12-14H,3,6-7,10-11H2,1H3. The van der Waals surface area contributed by atoms with Gasteiger partial charge in [0, 0.05) is 24.7 Å². The van der Waals surface area contributed by atoms with Crippen molar-refractivity contribution >= 4 is 16.7 Å². The summed E-state index contributed by atoms with van der Waals surface area (Å²) < 4.78 is 6.11. The summed E-state index contributed by atoms with van der Waals surface area (Å²) in [5.41, 5.74) is 3.80. The predicted octanol–water partition coefficient (Wildman–Crippen LogP) is 4.76. The highest BCUT2D eigenvalue weighted by Gasteiger charge is 2.18. The molecule has 4 rings (SSSR count).